The minimum absolute atomic E-state index is 0.214. The topological polar surface area (TPSA) is 15.7 Å². The maximum absolute atomic E-state index is 6.17. The van der Waals surface area contributed by atoms with E-state index in [-0.39, 0.29) is 5.72 Å². The Bertz CT molecular complexity index is 378. The van der Waals surface area contributed by atoms with Crippen LogP contribution < -0.4 is 0 Å². The number of morpholine rings is 1. The Kier molecular flexibility index (Phi) is 4.97. The second kappa shape index (κ2) is 6.51. The highest BCUT2D eigenvalue weighted by Gasteiger charge is 2.38. The van der Waals surface area contributed by atoms with Crippen LogP contribution >= 0.6 is 0 Å². The smallest absolute Gasteiger partial charge is 0.138 e. The van der Waals surface area contributed by atoms with Crippen molar-refractivity contribution in [1.29, 1.82) is 0 Å². The fraction of sp³-hybridized carbons (Fsp3) is 0.562. The molecule has 105 valence electrons. The quantitative estimate of drug-likeness (QED) is 0.807. The minimum atomic E-state index is -0.214. The summed E-state index contributed by atoms with van der Waals surface area (Å²) in [5, 5.41) is 0. The summed E-state index contributed by atoms with van der Waals surface area (Å²) < 4.78 is 6.17. The highest BCUT2D eigenvalue weighted by atomic mass is 16.5. The van der Waals surface area contributed by atoms with Crippen LogP contribution in [-0.2, 0) is 11.2 Å². The first-order chi connectivity index (χ1) is 9.16. The summed E-state index contributed by atoms with van der Waals surface area (Å²) in [6.45, 7) is 7.77. The molecule has 0 bridgehead atoms. The van der Waals surface area contributed by atoms with Crippen LogP contribution in [-0.4, -0.2) is 55.9 Å². The van der Waals surface area contributed by atoms with Gasteiger partial charge in [-0.15, -0.1) is 0 Å². The molecule has 1 aliphatic rings. The molecule has 0 N–H and O–H groups in total. The molecule has 19 heavy (non-hydrogen) atoms. The number of rotatable bonds is 5. The molecule has 1 aliphatic heterocycles. The average Bonchev–Trinajstić information content (AvgIpc) is 2.40. The Balaban J connectivity index is 2.13. The number of likely N-dealkylation sites (N-methyl/N-ethyl adjacent to an activating group) is 1. The Morgan fingerprint density at radius 1 is 1.32 bits per heavy atom. The van der Waals surface area contributed by atoms with Gasteiger partial charge in [0.15, 0.2) is 0 Å². The van der Waals surface area contributed by atoms with Crippen molar-refractivity contribution in [2.24, 2.45) is 0 Å². The number of benzene rings is 1. The molecule has 2 rings (SSSR count). The van der Waals surface area contributed by atoms with Crippen molar-refractivity contribution in [3.05, 3.63) is 42.8 Å². The lowest BCUT2D eigenvalue weighted by Gasteiger charge is -2.47. The fourth-order valence-electron chi connectivity index (χ4n) is 2.70. The second-order valence-electron chi connectivity index (χ2n) is 5.48. The molecule has 3 nitrogen and oxygen atoms in total. The van der Waals surface area contributed by atoms with Crippen LogP contribution in [0.2, 0.25) is 0 Å². The van der Waals surface area contributed by atoms with Gasteiger partial charge in [-0.1, -0.05) is 37.3 Å². The van der Waals surface area contributed by atoms with Gasteiger partial charge in [-0.25, -0.2) is 0 Å². The average molecular weight is 261 g/mol. The highest BCUT2D eigenvalue weighted by Crippen LogP contribution is 2.25. The number of hydrogen-bond acceptors (Lipinski definition) is 3. The third-order valence-electron chi connectivity index (χ3n) is 3.86. The molecular formula is C16H25N2O. The molecule has 1 aromatic rings. The molecule has 1 fully saturated rings. The van der Waals surface area contributed by atoms with Gasteiger partial charge in [0.1, 0.15) is 5.72 Å². The molecule has 0 aromatic heterocycles. The number of nitrogens with zero attached hydrogens (tertiary/aromatic N) is 2. The first kappa shape index (κ1) is 14.5. The van der Waals surface area contributed by atoms with E-state index >= 15 is 0 Å². The van der Waals surface area contributed by atoms with Gasteiger partial charge in [-0.05, 0) is 32.6 Å². The Hall–Kier alpha value is -0.900. The second-order valence-corrected chi connectivity index (χ2v) is 5.48. The van der Waals surface area contributed by atoms with E-state index in [1.165, 1.54) is 5.56 Å². The summed E-state index contributed by atoms with van der Waals surface area (Å²) in [6, 6.07) is 10.6. The van der Waals surface area contributed by atoms with Crippen molar-refractivity contribution in [3.8, 4) is 0 Å². The largest absolute Gasteiger partial charge is 0.357 e. The predicted molar refractivity (Wildman–Crippen MR) is 78.9 cm³/mol. The van der Waals surface area contributed by atoms with Crippen molar-refractivity contribution < 1.29 is 4.74 Å². The van der Waals surface area contributed by atoms with Gasteiger partial charge in [0.05, 0.1) is 6.61 Å². The van der Waals surface area contributed by atoms with Gasteiger partial charge < -0.3 is 4.74 Å². The predicted octanol–water partition coefficient (Wildman–Crippen LogP) is 2.04. The first-order valence-electron chi connectivity index (χ1n) is 7.03. The van der Waals surface area contributed by atoms with E-state index in [0.717, 1.165) is 39.1 Å². The molecule has 0 saturated carbocycles. The Morgan fingerprint density at radius 3 is 2.68 bits per heavy atom. The van der Waals surface area contributed by atoms with E-state index in [2.05, 4.69) is 61.2 Å². The van der Waals surface area contributed by atoms with E-state index in [9.17, 15) is 0 Å². The van der Waals surface area contributed by atoms with Crippen LogP contribution in [0.5, 0.6) is 0 Å². The molecule has 0 aliphatic carbocycles. The lowest BCUT2D eigenvalue weighted by Crippen LogP contribution is -2.60. The van der Waals surface area contributed by atoms with Crippen LogP contribution in [0.1, 0.15) is 12.0 Å². The van der Waals surface area contributed by atoms with Crippen LogP contribution in [0.4, 0.5) is 0 Å². The van der Waals surface area contributed by atoms with Crippen molar-refractivity contribution in [2.75, 3.05) is 40.3 Å². The van der Waals surface area contributed by atoms with Crippen molar-refractivity contribution in [2.45, 2.75) is 18.6 Å². The third kappa shape index (κ3) is 3.56. The van der Waals surface area contributed by atoms with Gasteiger partial charge in [0.25, 0.3) is 0 Å². The van der Waals surface area contributed by atoms with E-state index in [1.54, 1.807) is 0 Å². The fourth-order valence-corrected chi connectivity index (χ4v) is 2.70. The number of ether oxygens (including phenoxy) is 1. The molecule has 0 amide bonds. The molecule has 0 spiro atoms. The lowest BCUT2D eigenvalue weighted by atomic mass is 9.99. The molecule has 1 saturated heterocycles. The highest BCUT2D eigenvalue weighted by molar-refractivity contribution is 5.17. The standard InChI is InChI=1S/C16H25N2O/c1-4-10-18-11-12-19-16(14-18,17(2)3)13-15-8-6-5-7-9-15/h5-9H,1,4,10-14H2,2-3H3. The molecule has 1 atom stereocenters. The summed E-state index contributed by atoms with van der Waals surface area (Å²) in [5.74, 6) is 0. The summed E-state index contributed by atoms with van der Waals surface area (Å²) in [5.41, 5.74) is 1.11. The van der Waals surface area contributed by atoms with E-state index < -0.39 is 0 Å². The van der Waals surface area contributed by atoms with Gasteiger partial charge in [-0.3, -0.25) is 9.80 Å². The first-order valence-corrected chi connectivity index (χ1v) is 7.03. The molecule has 1 aromatic carbocycles. The van der Waals surface area contributed by atoms with Gasteiger partial charge >= 0.3 is 0 Å². The van der Waals surface area contributed by atoms with E-state index in [0.29, 0.717) is 0 Å². The van der Waals surface area contributed by atoms with Crippen molar-refractivity contribution >= 4 is 0 Å². The monoisotopic (exact) mass is 261 g/mol. The maximum atomic E-state index is 6.17. The summed E-state index contributed by atoms with van der Waals surface area (Å²) in [7, 11) is 4.22. The minimum Gasteiger partial charge on any atom is -0.357 e. The number of hydrogen-bond donors (Lipinski definition) is 0. The lowest BCUT2D eigenvalue weighted by molar-refractivity contribution is -0.182. The summed E-state index contributed by atoms with van der Waals surface area (Å²) in [4.78, 5) is 4.68. The van der Waals surface area contributed by atoms with E-state index in [4.69, 9.17) is 4.74 Å². The Labute approximate surface area is 117 Å². The van der Waals surface area contributed by atoms with Crippen LogP contribution in [0.3, 0.4) is 0 Å². The molecule has 1 unspecified atom stereocenters. The van der Waals surface area contributed by atoms with E-state index in [1.807, 2.05) is 0 Å². The zero-order valence-electron chi connectivity index (χ0n) is 12.1. The van der Waals surface area contributed by atoms with Crippen molar-refractivity contribution in [3.63, 3.8) is 0 Å². The molecule has 1 heterocycles. The maximum Gasteiger partial charge on any atom is 0.138 e. The van der Waals surface area contributed by atoms with Crippen LogP contribution in [0.15, 0.2) is 30.3 Å². The van der Waals surface area contributed by atoms with Crippen LogP contribution in [0.25, 0.3) is 0 Å². The SMILES string of the molecule is [CH2]CCN1CCOC(Cc2ccccc2)(N(C)C)C1. The normalized spacial score (nSPS) is 24.8. The van der Waals surface area contributed by atoms with Crippen LogP contribution in [0, 0.1) is 6.92 Å². The van der Waals surface area contributed by atoms with Crippen molar-refractivity contribution in [1.82, 2.24) is 9.80 Å². The zero-order valence-corrected chi connectivity index (χ0v) is 12.1. The molecule has 1 radical (unpaired) electrons. The summed E-state index contributed by atoms with van der Waals surface area (Å²) in [6.07, 6.45) is 1.88. The zero-order chi connectivity index (χ0) is 13.7. The van der Waals surface area contributed by atoms with Gasteiger partial charge in [0, 0.05) is 19.5 Å². The third-order valence-corrected chi connectivity index (χ3v) is 3.86. The summed E-state index contributed by atoms with van der Waals surface area (Å²) >= 11 is 0. The molecule has 3 heteroatoms. The molecular weight excluding hydrogens is 236 g/mol. The van der Waals surface area contributed by atoms with Gasteiger partial charge in [0.2, 0.25) is 0 Å². The Morgan fingerprint density at radius 2 is 2.05 bits per heavy atom. The van der Waals surface area contributed by atoms with Gasteiger partial charge in [-0.2, -0.15) is 0 Å².